The van der Waals surface area contributed by atoms with Gasteiger partial charge in [0.15, 0.2) is 0 Å². The number of ether oxygens (including phenoxy) is 1. The van der Waals surface area contributed by atoms with Crippen LogP contribution in [0.15, 0.2) is 0 Å². The van der Waals surface area contributed by atoms with E-state index in [2.05, 4.69) is 0 Å². The summed E-state index contributed by atoms with van der Waals surface area (Å²) in [5.74, 6) is 0. The second-order valence-electron chi connectivity index (χ2n) is 1.32. The average molecular weight is 323 g/mol. The molecule has 1 nitrogen and oxygen atoms in total. The Bertz CT molecular complexity index is 27.4. The third kappa shape index (κ3) is 13.2. The second-order valence-corrected chi connectivity index (χ2v) is 1.32. The summed E-state index contributed by atoms with van der Waals surface area (Å²) in [6.07, 6.45) is 2.56. The molecule has 1 aliphatic heterocycles. The van der Waals surface area contributed by atoms with Crippen molar-refractivity contribution in [3.05, 3.63) is 0 Å². The number of halogens is 3. The van der Waals surface area contributed by atoms with E-state index in [4.69, 9.17) is 4.74 Å². The fourth-order valence-electron chi connectivity index (χ4n) is 0.510. The van der Waals surface area contributed by atoms with Crippen LogP contribution in [0.25, 0.3) is 0 Å². The summed E-state index contributed by atoms with van der Waals surface area (Å²) in [6.45, 7) is 2.00. The minimum Gasteiger partial charge on any atom is -1.00 e. The molecule has 0 bridgehead atoms. The standard InChI is InChI=1S/C4H8O.3ClH.Nd/c1-2-4-5-3-1;;;;/h1-4H2;3*1H;/q;;;;+3/p-3. The van der Waals surface area contributed by atoms with E-state index in [0.29, 0.717) is 0 Å². The zero-order chi connectivity index (χ0) is 3.54. The summed E-state index contributed by atoms with van der Waals surface area (Å²) >= 11 is 0. The maximum atomic E-state index is 4.94. The molecular formula is C4H8Cl3NdO. The molecule has 0 N–H and O–H groups in total. The van der Waals surface area contributed by atoms with Crippen LogP contribution >= 0.6 is 0 Å². The van der Waals surface area contributed by atoms with Gasteiger partial charge in [0.05, 0.1) is 0 Å². The summed E-state index contributed by atoms with van der Waals surface area (Å²) in [6, 6.07) is 0. The van der Waals surface area contributed by atoms with Crippen molar-refractivity contribution in [2.75, 3.05) is 13.2 Å². The summed E-state index contributed by atoms with van der Waals surface area (Å²) in [7, 11) is 0. The maximum absolute atomic E-state index is 4.94. The van der Waals surface area contributed by atoms with Crippen LogP contribution in [0.4, 0.5) is 0 Å². The van der Waals surface area contributed by atoms with E-state index in [1.165, 1.54) is 12.8 Å². The summed E-state index contributed by atoms with van der Waals surface area (Å²) in [4.78, 5) is 0. The molecule has 1 aliphatic rings. The minimum absolute atomic E-state index is 0. The van der Waals surface area contributed by atoms with Gasteiger partial charge < -0.3 is 42.0 Å². The van der Waals surface area contributed by atoms with E-state index in [1.807, 2.05) is 0 Å². The molecule has 1 radical (unpaired) electrons. The number of hydrogen-bond acceptors (Lipinski definition) is 1. The summed E-state index contributed by atoms with van der Waals surface area (Å²) in [5.41, 5.74) is 0. The molecule has 0 aromatic heterocycles. The maximum Gasteiger partial charge on any atom is 3.00 e. The predicted octanol–water partition coefficient (Wildman–Crippen LogP) is -8.19. The molecule has 1 fully saturated rings. The molecule has 1 saturated heterocycles. The first kappa shape index (κ1) is 22.5. The fourth-order valence-corrected chi connectivity index (χ4v) is 0.510. The van der Waals surface area contributed by atoms with E-state index in [-0.39, 0.29) is 78.1 Å². The van der Waals surface area contributed by atoms with Gasteiger partial charge in [-0.25, -0.2) is 0 Å². The van der Waals surface area contributed by atoms with Crippen LogP contribution in [0.3, 0.4) is 0 Å². The monoisotopic (exact) mass is 319 g/mol. The molecule has 1 heterocycles. The van der Waals surface area contributed by atoms with Crippen LogP contribution in [-0.2, 0) is 4.74 Å². The number of hydrogen-bond donors (Lipinski definition) is 0. The Labute approximate surface area is 107 Å². The smallest absolute Gasteiger partial charge is 1.00 e. The molecule has 1 rings (SSSR count). The van der Waals surface area contributed by atoms with Crippen LogP contribution in [0.5, 0.6) is 0 Å². The molecule has 0 atom stereocenters. The normalized spacial score (nSPS) is 13.3. The van der Waals surface area contributed by atoms with Gasteiger partial charge in [-0.1, -0.05) is 0 Å². The molecule has 0 aliphatic carbocycles. The Morgan fingerprint density at radius 1 is 0.778 bits per heavy atom. The van der Waals surface area contributed by atoms with Gasteiger partial charge in [-0.2, -0.15) is 0 Å². The van der Waals surface area contributed by atoms with Crippen LogP contribution in [0.1, 0.15) is 12.8 Å². The van der Waals surface area contributed by atoms with E-state index in [0.717, 1.165) is 13.2 Å². The van der Waals surface area contributed by atoms with Crippen LogP contribution in [0.2, 0.25) is 0 Å². The second kappa shape index (κ2) is 16.6. The largest absolute Gasteiger partial charge is 3.00 e. The minimum atomic E-state index is 0. The third-order valence-corrected chi connectivity index (χ3v) is 0.827. The Balaban J connectivity index is -0.0000000312. The van der Waals surface area contributed by atoms with Gasteiger partial charge in [0.2, 0.25) is 0 Å². The van der Waals surface area contributed by atoms with Crippen LogP contribution in [-0.4, -0.2) is 13.2 Å². The first-order valence-electron chi connectivity index (χ1n) is 2.08. The van der Waals surface area contributed by atoms with Gasteiger partial charge in [0.1, 0.15) is 0 Å². The SMILES string of the molecule is C1CCOC1.[Cl-].[Cl-].[Cl-].[Nd+3]. The topological polar surface area (TPSA) is 9.23 Å². The zero-order valence-electron chi connectivity index (χ0n) is 4.87. The third-order valence-electron chi connectivity index (χ3n) is 0.827. The van der Waals surface area contributed by atoms with Crippen molar-refractivity contribution < 1.29 is 82.8 Å². The van der Waals surface area contributed by atoms with Gasteiger partial charge in [-0.3, -0.25) is 0 Å². The molecule has 0 saturated carbocycles. The van der Waals surface area contributed by atoms with Crippen LogP contribution in [0, 0.1) is 40.8 Å². The van der Waals surface area contributed by atoms with Gasteiger partial charge in [-0.05, 0) is 12.8 Å². The van der Waals surface area contributed by atoms with Crippen molar-refractivity contribution in [1.29, 1.82) is 0 Å². The van der Waals surface area contributed by atoms with Crippen LogP contribution < -0.4 is 37.2 Å². The summed E-state index contributed by atoms with van der Waals surface area (Å²) < 4.78 is 4.94. The van der Waals surface area contributed by atoms with Crippen molar-refractivity contribution in [2.45, 2.75) is 12.8 Å². The van der Waals surface area contributed by atoms with Crippen molar-refractivity contribution in [3.63, 3.8) is 0 Å². The Morgan fingerprint density at radius 2 is 1.11 bits per heavy atom. The van der Waals surface area contributed by atoms with E-state index in [9.17, 15) is 0 Å². The molecular weight excluding hydrogens is 315 g/mol. The molecule has 9 heavy (non-hydrogen) atoms. The Hall–Kier alpha value is 2.18. The van der Waals surface area contributed by atoms with Crippen molar-refractivity contribution in [1.82, 2.24) is 0 Å². The van der Waals surface area contributed by atoms with Gasteiger partial charge in [-0.15, -0.1) is 0 Å². The summed E-state index contributed by atoms with van der Waals surface area (Å²) in [5, 5.41) is 0. The molecule has 0 unspecified atom stereocenters. The Kier molecular flexibility index (Phi) is 41.6. The van der Waals surface area contributed by atoms with Crippen molar-refractivity contribution in [3.8, 4) is 0 Å². The van der Waals surface area contributed by atoms with Crippen molar-refractivity contribution in [2.24, 2.45) is 0 Å². The quantitative estimate of drug-likeness (QED) is 0.430. The van der Waals surface area contributed by atoms with Gasteiger partial charge >= 0.3 is 40.8 Å². The molecule has 55 valence electrons. The van der Waals surface area contributed by atoms with Gasteiger partial charge in [0.25, 0.3) is 0 Å². The first-order chi connectivity index (χ1) is 2.50. The Morgan fingerprint density at radius 3 is 1.22 bits per heavy atom. The molecule has 0 spiro atoms. The molecule has 0 aromatic carbocycles. The molecule has 0 aromatic rings. The van der Waals surface area contributed by atoms with Crippen molar-refractivity contribution >= 4 is 0 Å². The fraction of sp³-hybridized carbons (Fsp3) is 1.00. The van der Waals surface area contributed by atoms with E-state index < -0.39 is 0 Å². The first-order valence-corrected chi connectivity index (χ1v) is 2.08. The number of rotatable bonds is 0. The molecule has 0 amide bonds. The zero-order valence-corrected chi connectivity index (χ0v) is 10.3. The predicted molar refractivity (Wildman–Crippen MR) is 20.1 cm³/mol. The van der Waals surface area contributed by atoms with E-state index in [1.54, 1.807) is 0 Å². The van der Waals surface area contributed by atoms with E-state index >= 15 is 0 Å². The van der Waals surface area contributed by atoms with Gasteiger partial charge in [0, 0.05) is 13.2 Å². The molecule has 5 heteroatoms. The average Bonchev–Trinajstić information content (AvgIpc) is 1.76.